The summed E-state index contributed by atoms with van der Waals surface area (Å²) in [5.41, 5.74) is 2.04. The fourth-order valence-electron chi connectivity index (χ4n) is 3.15. The largest absolute Gasteiger partial charge is 0.343 e. The van der Waals surface area contributed by atoms with Crippen LogP contribution in [-0.2, 0) is 4.79 Å². The monoisotopic (exact) mass is 524 g/mol. The van der Waals surface area contributed by atoms with Gasteiger partial charge in [-0.05, 0) is 60.1 Å². The van der Waals surface area contributed by atoms with Crippen LogP contribution in [0.4, 0.5) is 0 Å². The smallest absolute Gasteiger partial charge is 0.273 e. The van der Waals surface area contributed by atoms with E-state index in [4.69, 9.17) is 39.9 Å². The third-order valence-corrected chi connectivity index (χ3v) is 6.72. The van der Waals surface area contributed by atoms with Gasteiger partial charge < -0.3 is 4.90 Å². The summed E-state index contributed by atoms with van der Waals surface area (Å²) in [6.45, 7) is 3.65. The summed E-state index contributed by atoms with van der Waals surface area (Å²) in [6, 6.07) is 12.6. The van der Waals surface area contributed by atoms with Crippen molar-refractivity contribution < 1.29 is 4.79 Å². The van der Waals surface area contributed by atoms with Gasteiger partial charge in [-0.3, -0.25) is 4.79 Å². The Hall–Kier alpha value is -1.86. The molecule has 4 rings (SSSR count). The summed E-state index contributed by atoms with van der Waals surface area (Å²) in [4.78, 5) is 18.5. The zero-order chi connectivity index (χ0) is 21.8. The van der Waals surface area contributed by atoms with Crippen molar-refractivity contribution in [3.05, 3.63) is 67.7 Å². The number of amidine groups is 1. The van der Waals surface area contributed by atoms with Crippen LogP contribution in [0.5, 0.6) is 0 Å². The molecule has 154 valence electrons. The predicted molar refractivity (Wildman–Crippen MR) is 125 cm³/mol. The molecular weight excluding hydrogens is 511 g/mol. The fraction of sp³-hybridized carbons (Fsp3) is 0.190. The van der Waals surface area contributed by atoms with E-state index in [1.165, 1.54) is 0 Å². The number of nitrogens with zero attached hydrogens (tertiary/aromatic N) is 4. The van der Waals surface area contributed by atoms with Crippen molar-refractivity contribution in [3.8, 4) is 16.9 Å². The number of amides is 1. The lowest BCUT2D eigenvalue weighted by Crippen LogP contribution is -2.44. The molecule has 0 saturated heterocycles. The van der Waals surface area contributed by atoms with E-state index in [0.717, 1.165) is 11.3 Å². The van der Waals surface area contributed by atoms with Crippen LogP contribution in [0.1, 0.15) is 19.5 Å². The Morgan fingerprint density at radius 1 is 1.00 bits per heavy atom. The highest BCUT2D eigenvalue weighted by Gasteiger charge is 2.42. The van der Waals surface area contributed by atoms with Crippen molar-refractivity contribution in [2.75, 3.05) is 7.05 Å². The molecule has 1 amide bonds. The first kappa shape index (κ1) is 21.4. The van der Waals surface area contributed by atoms with Crippen molar-refractivity contribution in [1.82, 2.24) is 14.7 Å². The van der Waals surface area contributed by atoms with Gasteiger partial charge in [0.25, 0.3) is 5.91 Å². The summed E-state index contributed by atoms with van der Waals surface area (Å²) in [7, 11) is 1.83. The highest BCUT2D eigenvalue weighted by Crippen LogP contribution is 2.38. The highest BCUT2D eigenvalue weighted by atomic mass is 79.9. The van der Waals surface area contributed by atoms with Crippen LogP contribution in [-0.4, -0.2) is 39.0 Å². The summed E-state index contributed by atoms with van der Waals surface area (Å²) in [5.74, 6) is 0.259. The molecule has 1 aliphatic heterocycles. The van der Waals surface area contributed by atoms with Gasteiger partial charge in [0.15, 0.2) is 5.84 Å². The lowest BCUT2D eigenvalue weighted by atomic mass is 10.0. The number of benzene rings is 2. The second kappa shape index (κ2) is 7.68. The van der Waals surface area contributed by atoms with Gasteiger partial charge in [-0.1, -0.05) is 46.9 Å². The summed E-state index contributed by atoms with van der Waals surface area (Å²) in [5, 5.41) is 6.38. The lowest BCUT2D eigenvalue weighted by Gasteiger charge is -2.27. The number of hydrogen-bond acceptors (Lipinski definition) is 3. The minimum absolute atomic E-state index is 0.223. The van der Waals surface area contributed by atoms with Crippen molar-refractivity contribution in [2.45, 2.75) is 19.4 Å². The summed E-state index contributed by atoms with van der Waals surface area (Å²) < 4.78 is 2.40. The van der Waals surface area contributed by atoms with E-state index in [1.54, 1.807) is 35.0 Å². The zero-order valence-corrected chi connectivity index (χ0v) is 20.1. The Morgan fingerprint density at radius 2 is 1.63 bits per heavy atom. The van der Waals surface area contributed by atoms with Crippen LogP contribution >= 0.6 is 50.7 Å². The molecule has 0 fully saturated rings. The standard InChI is InChI=1S/C21H16BrCl3N4O/c1-21(2)20(30)26-19(28(21)3)17-16(22)18(11-4-6-12(23)7-5-11)29(27-17)15-9-8-13(24)10-14(15)25/h4-10H,1-3H3. The van der Waals surface area contributed by atoms with Gasteiger partial charge in [-0.2, -0.15) is 10.1 Å². The molecule has 2 aromatic carbocycles. The molecule has 5 nitrogen and oxygen atoms in total. The Morgan fingerprint density at radius 3 is 2.20 bits per heavy atom. The Bertz CT molecular complexity index is 1200. The molecule has 0 atom stereocenters. The second-order valence-electron chi connectivity index (χ2n) is 7.38. The molecule has 0 aliphatic carbocycles. The van der Waals surface area contributed by atoms with Crippen LogP contribution in [0, 0.1) is 0 Å². The third kappa shape index (κ3) is 3.46. The number of carbonyl (C=O) groups is 1. The molecule has 0 radical (unpaired) electrons. The quantitative estimate of drug-likeness (QED) is 0.405. The van der Waals surface area contributed by atoms with Crippen LogP contribution in [0.15, 0.2) is 51.9 Å². The lowest BCUT2D eigenvalue weighted by molar-refractivity contribution is -0.123. The predicted octanol–water partition coefficient (Wildman–Crippen LogP) is 6.26. The Labute approximate surface area is 197 Å². The first-order valence-corrected chi connectivity index (χ1v) is 10.9. The number of halogens is 4. The molecule has 0 spiro atoms. The molecule has 0 bridgehead atoms. The van der Waals surface area contributed by atoms with E-state index in [2.05, 4.69) is 20.9 Å². The van der Waals surface area contributed by atoms with E-state index in [-0.39, 0.29) is 5.91 Å². The molecule has 1 aliphatic rings. The topological polar surface area (TPSA) is 50.5 Å². The number of hydrogen-bond donors (Lipinski definition) is 0. The maximum atomic E-state index is 12.4. The molecular formula is C21H16BrCl3N4O. The molecule has 0 unspecified atom stereocenters. The van der Waals surface area contributed by atoms with Crippen LogP contribution in [0.25, 0.3) is 16.9 Å². The molecule has 2 heterocycles. The first-order chi connectivity index (χ1) is 14.1. The highest BCUT2D eigenvalue weighted by molar-refractivity contribution is 9.10. The van der Waals surface area contributed by atoms with Crippen LogP contribution in [0.3, 0.4) is 0 Å². The minimum Gasteiger partial charge on any atom is -0.343 e. The average Bonchev–Trinajstić information content (AvgIpc) is 3.11. The fourth-order valence-corrected chi connectivity index (χ4v) is 4.42. The minimum atomic E-state index is -0.753. The van der Waals surface area contributed by atoms with Crippen molar-refractivity contribution in [3.63, 3.8) is 0 Å². The first-order valence-electron chi connectivity index (χ1n) is 8.98. The van der Waals surface area contributed by atoms with E-state index in [1.807, 2.05) is 37.9 Å². The SMILES string of the molecule is CN1C(c2nn(-c3ccc(Cl)cc3Cl)c(-c3ccc(Cl)cc3)c2Br)=NC(=O)C1(C)C. The van der Waals surface area contributed by atoms with Gasteiger partial charge in [-0.15, -0.1) is 0 Å². The zero-order valence-electron chi connectivity index (χ0n) is 16.3. The van der Waals surface area contributed by atoms with E-state index >= 15 is 0 Å². The Balaban J connectivity index is 1.98. The Kier molecular flexibility index (Phi) is 5.47. The maximum absolute atomic E-state index is 12.4. The molecule has 1 aromatic heterocycles. The van der Waals surface area contributed by atoms with Crippen LogP contribution in [0.2, 0.25) is 15.1 Å². The molecule has 0 N–H and O–H groups in total. The third-order valence-electron chi connectivity index (χ3n) is 5.18. The van der Waals surface area contributed by atoms with Gasteiger partial charge in [0.2, 0.25) is 0 Å². The normalized spacial score (nSPS) is 15.6. The average molecular weight is 527 g/mol. The number of rotatable bonds is 3. The van der Waals surface area contributed by atoms with Gasteiger partial charge in [0, 0.05) is 22.7 Å². The molecule has 30 heavy (non-hydrogen) atoms. The van der Waals surface area contributed by atoms with Gasteiger partial charge in [-0.25, -0.2) is 4.68 Å². The van der Waals surface area contributed by atoms with E-state index in [0.29, 0.717) is 36.8 Å². The molecule has 3 aromatic rings. The molecule has 0 saturated carbocycles. The summed E-state index contributed by atoms with van der Waals surface area (Å²) >= 11 is 22.3. The van der Waals surface area contributed by atoms with Crippen molar-refractivity contribution >= 4 is 62.5 Å². The second-order valence-corrected chi connectivity index (χ2v) is 9.46. The number of aromatic nitrogens is 2. The summed E-state index contributed by atoms with van der Waals surface area (Å²) in [6.07, 6.45) is 0. The van der Waals surface area contributed by atoms with E-state index < -0.39 is 5.54 Å². The van der Waals surface area contributed by atoms with Crippen molar-refractivity contribution in [1.29, 1.82) is 0 Å². The van der Waals surface area contributed by atoms with E-state index in [9.17, 15) is 4.79 Å². The number of likely N-dealkylation sites (N-methyl/N-ethyl adjacent to an activating group) is 1. The molecule has 9 heteroatoms. The van der Waals surface area contributed by atoms with Crippen molar-refractivity contribution in [2.24, 2.45) is 4.99 Å². The maximum Gasteiger partial charge on any atom is 0.273 e. The van der Waals surface area contributed by atoms with Gasteiger partial charge >= 0.3 is 0 Å². The number of carbonyl (C=O) groups excluding carboxylic acids is 1. The van der Waals surface area contributed by atoms with Crippen LogP contribution < -0.4 is 0 Å². The van der Waals surface area contributed by atoms with Gasteiger partial charge in [0.05, 0.1) is 20.9 Å². The van der Waals surface area contributed by atoms with Gasteiger partial charge in [0.1, 0.15) is 11.2 Å². The number of aliphatic imine (C=N–C) groups is 1.